The van der Waals surface area contributed by atoms with Crippen molar-refractivity contribution >= 4 is 5.69 Å². The average Bonchev–Trinajstić information content (AvgIpc) is 2.73. The monoisotopic (exact) mass is 250 g/mol. The highest BCUT2D eigenvalue weighted by atomic mass is 19.1. The lowest BCUT2D eigenvalue weighted by molar-refractivity contribution is 0.483. The van der Waals surface area contributed by atoms with Crippen molar-refractivity contribution in [2.75, 3.05) is 24.5 Å². The van der Waals surface area contributed by atoms with E-state index in [9.17, 15) is 4.39 Å². The molecule has 1 unspecified atom stereocenters. The van der Waals surface area contributed by atoms with E-state index in [0.717, 1.165) is 31.7 Å². The predicted octanol–water partition coefficient (Wildman–Crippen LogP) is 2.97. The highest BCUT2D eigenvalue weighted by molar-refractivity contribution is 5.58. The highest BCUT2D eigenvalue weighted by Crippen LogP contribution is 2.28. The fourth-order valence-electron chi connectivity index (χ4n) is 2.77. The number of hydrogen-bond acceptors (Lipinski definition) is 2. The minimum Gasteiger partial charge on any atom is -0.369 e. The van der Waals surface area contributed by atoms with Crippen molar-refractivity contribution in [3.63, 3.8) is 0 Å². The van der Waals surface area contributed by atoms with Gasteiger partial charge in [0.05, 0.1) is 0 Å². The molecular formula is C15H23FN2. The summed E-state index contributed by atoms with van der Waals surface area (Å²) < 4.78 is 13.3. The van der Waals surface area contributed by atoms with Gasteiger partial charge in [0.15, 0.2) is 0 Å². The molecule has 0 saturated carbocycles. The third-order valence-electron chi connectivity index (χ3n) is 3.61. The first kappa shape index (κ1) is 13.3. The maximum Gasteiger partial charge on any atom is 0.125 e. The number of anilines is 1. The Morgan fingerprint density at radius 3 is 2.94 bits per heavy atom. The average molecular weight is 250 g/mol. The molecule has 3 heteroatoms. The molecule has 1 aliphatic heterocycles. The van der Waals surface area contributed by atoms with E-state index in [1.807, 2.05) is 6.07 Å². The summed E-state index contributed by atoms with van der Waals surface area (Å²) in [4.78, 5) is 2.32. The molecule has 0 aromatic heterocycles. The van der Waals surface area contributed by atoms with Crippen LogP contribution < -0.4 is 10.2 Å². The summed E-state index contributed by atoms with van der Waals surface area (Å²) in [5.74, 6) is -0.129. The van der Waals surface area contributed by atoms with E-state index in [1.54, 1.807) is 12.1 Å². The van der Waals surface area contributed by atoms with Crippen LogP contribution in [0.1, 0.15) is 32.3 Å². The predicted molar refractivity (Wildman–Crippen MR) is 74.7 cm³/mol. The lowest BCUT2D eigenvalue weighted by Crippen LogP contribution is -2.40. The smallest absolute Gasteiger partial charge is 0.125 e. The van der Waals surface area contributed by atoms with Crippen LogP contribution in [-0.2, 0) is 6.42 Å². The molecule has 0 saturated heterocycles. The molecule has 1 aromatic carbocycles. The van der Waals surface area contributed by atoms with Crippen molar-refractivity contribution in [3.8, 4) is 0 Å². The van der Waals surface area contributed by atoms with Gasteiger partial charge < -0.3 is 10.2 Å². The standard InChI is InChI=1S/C15H23FN2/c1-3-5-14(17-4-2)11-18-9-8-12-6-7-13(16)10-15(12)18/h6-7,10,14,17H,3-5,8-9,11H2,1-2H3. The minimum atomic E-state index is -0.129. The molecule has 1 heterocycles. The second kappa shape index (κ2) is 6.19. The normalized spacial score (nSPS) is 15.8. The molecule has 18 heavy (non-hydrogen) atoms. The van der Waals surface area contributed by atoms with Crippen LogP contribution in [0, 0.1) is 5.82 Å². The van der Waals surface area contributed by atoms with Crippen LogP contribution in [0.2, 0.25) is 0 Å². The molecule has 0 bridgehead atoms. The lowest BCUT2D eigenvalue weighted by atomic mass is 10.1. The molecular weight excluding hydrogens is 227 g/mol. The molecule has 1 aromatic rings. The van der Waals surface area contributed by atoms with Gasteiger partial charge in [0.2, 0.25) is 0 Å². The highest BCUT2D eigenvalue weighted by Gasteiger charge is 2.21. The molecule has 2 rings (SSSR count). The third-order valence-corrected chi connectivity index (χ3v) is 3.61. The van der Waals surface area contributed by atoms with E-state index in [2.05, 4.69) is 24.1 Å². The maximum atomic E-state index is 13.3. The zero-order valence-electron chi connectivity index (χ0n) is 11.4. The summed E-state index contributed by atoms with van der Waals surface area (Å²) in [6, 6.07) is 5.68. The van der Waals surface area contributed by atoms with Crippen molar-refractivity contribution in [1.82, 2.24) is 5.32 Å². The van der Waals surface area contributed by atoms with Crippen molar-refractivity contribution < 1.29 is 4.39 Å². The second-order valence-corrected chi connectivity index (χ2v) is 5.01. The largest absolute Gasteiger partial charge is 0.369 e. The first-order valence-corrected chi connectivity index (χ1v) is 7.01. The van der Waals surface area contributed by atoms with Crippen LogP contribution in [0.5, 0.6) is 0 Å². The van der Waals surface area contributed by atoms with Gasteiger partial charge in [-0.3, -0.25) is 0 Å². The van der Waals surface area contributed by atoms with Crippen molar-refractivity contribution in [1.29, 1.82) is 0 Å². The Hall–Kier alpha value is -1.09. The van der Waals surface area contributed by atoms with Crippen LogP contribution in [0.25, 0.3) is 0 Å². The molecule has 1 N–H and O–H groups in total. The number of halogens is 1. The fourth-order valence-corrected chi connectivity index (χ4v) is 2.77. The quantitative estimate of drug-likeness (QED) is 0.835. The van der Waals surface area contributed by atoms with Gasteiger partial charge in [-0.05, 0) is 37.1 Å². The number of nitrogens with zero attached hydrogens (tertiary/aromatic N) is 1. The van der Waals surface area contributed by atoms with Gasteiger partial charge in [-0.2, -0.15) is 0 Å². The van der Waals surface area contributed by atoms with E-state index in [-0.39, 0.29) is 5.82 Å². The van der Waals surface area contributed by atoms with Gasteiger partial charge in [-0.15, -0.1) is 0 Å². The molecule has 0 fully saturated rings. The lowest BCUT2D eigenvalue weighted by Gasteiger charge is -2.26. The Labute approximate surface area is 109 Å². The van der Waals surface area contributed by atoms with Crippen LogP contribution >= 0.6 is 0 Å². The first-order valence-electron chi connectivity index (χ1n) is 7.01. The zero-order valence-corrected chi connectivity index (χ0v) is 11.4. The Bertz CT molecular complexity index is 386. The van der Waals surface area contributed by atoms with Gasteiger partial charge in [-0.25, -0.2) is 4.39 Å². The number of benzene rings is 1. The van der Waals surface area contributed by atoms with Gasteiger partial charge in [0.1, 0.15) is 5.82 Å². The van der Waals surface area contributed by atoms with E-state index >= 15 is 0 Å². The van der Waals surface area contributed by atoms with E-state index < -0.39 is 0 Å². The van der Waals surface area contributed by atoms with Crippen molar-refractivity contribution in [3.05, 3.63) is 29.6 Å². The Morgan fingerprint density at radius 2 is 2.22 bits per heavy atom. The summed E-state index contributed by atoms with van der Waals surface area (Å²) in [5, 5.41) is 3.52. The number of fused-ring (bicyclic) bond motifs is 1. The zero-order chi connectivity index (χ0) is 13.0. The summed E-state index contributed by atoms with van der Waals surface area (Å²) in [6.45, 7) is 7.35. The molecule has 0 aliphatic carbocycles. The van der Waals surface area contributed by atoms with Crippen LogP contribution in [0.15, 0.2) is 18.2 Å². The Morgan fingerprint density at radius 1 is 1.39 bits per heavy atom. The van der Waals surface area contributed by atoms with Gasteiger partial charge in [0.25, 0.3) is 0 Å². The molecule has 0 radical (unpaired) electrons. The summed E-state index contributed by atoms with van der Waals surface area (Å²) >= 11 is 0. The number of likely N-dealkylation sites (N-methyl/N-ethyl adjacent to an activating group) is 1. The van der Waals surface area contributed by atoms with E-state index in [1.165, 1.54) is 18.4 Å². The van der Waals surface area contributed by atoms with Crippen LogP contribution in [-0.4, -0.2) is 25.7 Å². The van der Waals surface area contributed by atoms with Gasteiger partial charge in [0, 0.05) is 24.8 Å². The van der Waals surface area contributed by atoms with Crippen molar-refractivity contribution in [2.45, 2.75) is 39.2 Å². The SMILES string of the molecule is CCCC(CN1CCc2ccc(F)cc21)NCC. The fraction of sp³-hybridized carbons (Fsp3) is 0.600. The third kappa shape index (κ3) is 3.02. The molecule has 1 atom stereocenters. The Kier molecular flexibility index (Phi) is 4.59. The number of hydrogen-bond donors (Lipinski definition) is 1. The number of nitrogens with one attached hydrogen (secondary N) is 1. The van der Waals surface area contributed by atoms with Gasteiger partial charge >= 0.3 is 0 Å². The van der Waals surface area contributed by atoms with E-state index in [4.69, 9.17) is 0 Å². The molecule has 0 spiro atoms. The van der Waals surface area contributed by atoms with E-state index in [0.29, 0.717) is 6.04 Å². The van der Waals surface area contributed by atoms with Gasteiger partial charge in [-0.1, -0.05) is 26.3 Å². The first-order chi connectivity index (χ1) is 8.74. The van der Waals surface area contributed by atoms with Crippen LogP contribution in [0.4, 0.5) is 10.1 Å². The summed E-state index contributed by atoms with van der Waals surface area (Å²) in [6.07, 6.45) is 3.40. The molecule has 2 nitrogen and oxygen atoms in total. The summed E-state index contributed by atoms with van der Waals surface area (Å²) in [7, 11) is 0. The minimum absolute atomic E-state index is 0.129. The van der Waals surface area contributed by atoms with Crippen molar-refractivity contribution in [2.24, 2.45) is 0 Å². The van der Waals surface area contributed by atoms with Crippen LogP contribution in [0.3, 0.4) is 0 Å². The topological polar surface area (TPSA) is 15.3 Å². The maximum absolute atomic E-state index is 13.3. The Balaban J connectivity index is 2.05. The molecule has 100 valence electrons. The number of rotatable bonds is 6. The molecule has 0 amide bonds. The second-order valence-electron chi connectivity index (χ2n) is 5.01. The summed E-state index contributed by atoms with van der Waals surface area (Å²) in [5.41, 5.74) is 2.37. The molecule has 1 aliphatic rings.